The molecule has 1 aliphatic heterocycles. The molecule has 2 N–H and O–H groups in total. The predicted molar refractivity (Wildman–Crippen MR) is 83.5 cm³/mol. The third kappa shape index (κ3) is 3.48. The van der Waals surface area contributed by atoms with E-state index in [1.807, 2.05) is 17.5 Å². The van der Waals surface area contributed by atoms with E-state index in [9.17, 15) is 14.7 Å². The van der Waals surface area contributed by atoms with Crippen LogP contribution in [0.2, 0.25) is 0 Å². The topological polar surface area (TPSA) is 78.9 Å². The van der Waals surface area contributed by atoms with Gasteiger partial charge in [-0.3, -0.25) is 9.59 Å². The summed E-state index contributed by atoms with van der Waals surface area (Å²) in [6.45, 7) is 3.59. The van der Waals surface area contributed by atoms with E-state index < -0.39 is 11.6 Å². The fourth-order valence-corrected chi connectivity index (χ4v) is 3.75. The van der Waals surface area contributed by atoms with Gasteiger partial charge in [0.15, 0.2) is 0 Å². The molecule has 1 fully saturated rings. The molecule has 2 heterocycles. The summed E-state index contributed by atoms with van der Waals surface area (Å²) < 4.78 is 4.84. The van der Waals surface area contributed by atoms with Gasteiger partial charge in [0, 0.05) is 25.5 Å². The Morgan fingerprint density at radius 2 is 2.32 bits per heavy atom. The summed E-state index contributed by atoms with van der Waals surface area (Å²) in [6.07, 6.45) is 0.409. The number of carbonyl (C=O) groups is 2. The molecule has 6 nitrogen and oxygen atoms in total. The highest BCUT2D eigenvalue weighted by Crippen LogP contribution is 2.38. The Balaban J connectivity index is 2.36. The smallest absolute Gasteiger partial charge is 0.246 e. The molecular weight excluding hydrogens is 304 g/mol. The van der Waals surface area contributed by atoms with Crippen LogP contribution in [0.15, 0.2) is 17.5 Å². The minimum Gasteiger partial charge on any atom is -0.388 e. The monoisotopic (exact) mass is 326 g/mol. The maximum atomic E-state index is 12.0. The van der Waals surface area contributed by atoms with E-state index in [1.54, 1.807) is 11.8 Å². The number of aliphatic hydroxyl groups is 1. The fraction of sp³-hybridized carbons (Fsp3) is 0.600. The van der Waals surface area contributed by atoms with Gasteiger partial charge in [-0.05, 0) is 24.8 Å². The molecule has 1 aromatic rings. The minimum atomic E-state index is -1.09. The summed E-state index contributed by atoms with van der Waals surface area (Å²) in [7, 11) is 1.44. The Hall–Kier alpha value is -1.44. The fourth-order valence-electron chi connectivity index (χ4n) is 2.87. The van der Waals surface area contributed by atoms with E-state index >= 15 is 0 Å². The van der Waals surface area contributed by atoms with E-state index in [-0.39, 0.29) is 24.5 Å². The Morgan fingerprint density at radius 1 is 1.59 bits per heavy atom. The molecule has 1 aliphatic rings. The van der Waals surface area contributed by atoms with Gasteiger partial charge in [0.05, 0.1) is 17.7 Å². The SMILES string of the molecule is COCC(=O)N[C@H]1[C@H](c2cccs2)N(C(C)=O)CC[C@@]1(C)O. The lowest BCUT2D eigenvalue weighted by Gasteiger charge is -2.48. The molecule has 2 amide bonds. The number of methoxy groups -OCH3 is 1. The van der Waals surface area contributed by atoms with Crippen molar-refractivity contribution < 1.29 is 19.4 Å². The second kappa shape index (κ2) is 6.76. The number of hydrogen-bond acceptors (Lipinski definition) is 5. The van der Waals surface area contributed by atoms with Crippen LogP contribution in [0.5, 0.6) is 0 Å². The molecule has 3 atom stereocenters. The summed E-state index contributed by atoms with van der Waals surface area (Å²) in [5.41, 5.74) is -1.09. The molecule has 0 unspecified atom stereocenters. The molecule has 0 saturated carbocycles. The minimum absolute atomic E-state index is 0.0695. The van der Waals surface area contributed by atoms with E-state index in [2.05, 4.69) is 5.32 Å². The number of thiophene rings is 1. The zero-order chi connectivity index (χ0) is 16.3. The number of piperidine rings is 1. The third-order valence-corrected chi connectivity index (χ3v) is 4.95. The van der Waals surface area contributed by atoms with Crippen molar-refractivity contribution in [1.82, 2.24) is 10.2 Å². The molecule has 0 spiro atoms. The molecule has 2 rings (SSSR count). The summed E-state index contributed by atoms with van der Waals surface area (Å²) >= 11 is 1.51. The van der Waals surface area contributed by atoms with Crippen molar-refractivity contribution in [3.63, 3.8) is 0 Å². The van der Waals surface area contributed by atoms with Gasteiger partial charge in [0.2, 0.25) is 11.8 Å². The number of carbonyl (C=O) groups excluding carboxylic acids is 2. The van der Waals surface area contributed by atoms with E-state index in [0.29, 0.717) is 13.0 Å². The number of hydrogen-bond donors (Lipinski definition) is 2. The quantitative estimate of drug-likeness (QED) is 0.862. The summed E-state index contributed by atoms with van der Waals surface area (Å²) in [5, 5.41) is 15.5. The van der Waals surface area contributed by atoms with Crippen molar-refractivity contribution in [2.45, 2.75) is 38.0 Å². The number of ether oxygens (including phenoxy) is 1. The summed E-state index contributed by atoms with van der Waals surface area (Å²) in [5.74, 6) is -0.375. The van der Waals surface area contributed by atoms with E-state index in [0.717, 1.165) is 4.88 Å². The Morgan fingerprint density at radius 3 is 2.86 bits per heavy atom. The van der Waals surface area contributed by atoms with Crippen molar-refractivity contribution in [3.8, 4) is 0 Å². The van der Waals surface area contributed by atoms with Crippen LogP contribution in [0.25, 0.3) is 0 Å². The lowest BCUT2D eigenvalue weighted by Crippen LogP contribution is -2.63. The Labute approximate surface area is 134 Å². The Kier molecular flexibility index (Phi) is 5.20. The van der Waals surface area contributed by atoms with E-state index in [4.69, 9.17) is 4.74 Å². The zero-order valence-electron chi connectivity index (χ0n) is 13.0. The van der Waals surface area contributed by atoms with Gasteiger partial charge in [0.25, 0.3) is 0 Å². The van der Waals surface area contributed by atoms with Gasteiger partial charge < -0.3 is 20.1 Å². The molecule has 122 valence electrons. The average molecular weight is 326 g/mol. The highest BCUT2D eigenvalue weighted by molar-refractivity contribution is 7.10. The Bertz CT molecular complexity index is 530. The van der Waals surface area contributed by atoms with Crippen LogP contribution in [-0.4, -0.2) is 53.7 Å². The third-order valence-electron chi connectivity index (χ3n) is 4.01. The molecule has 0 aromatic carbocycles. The van der Waals surface area contributed by atoms with Crippen LogP contribution in [0, 0.1) is 0 Å². The highest BCUT2D eigenvalue weighted by Gasteiger charge is 2.47. The standard InChI is InChI=1S/C15H22N2O4S/c1-10(18)17-7-6-15(2,20)14(16-12(19)9-21-3)13(17)11-5-4-8-22-11/h4-5,8,13-14,20H,6-7,9H2,1-3H3,(H,16,19)/t13-,14-,15+/m0/s1. The van der Waals surface area contributed by atoms with Gasteiger partial charge in [-0.15, -0.1) is 11.3 Å². The normalized spacial score (nSPS) is 28.5. The predicted octanol–water partition coefficient (Wildman–Crippen LogP) is 0.924. The molecule has 0 aliphatic carbocycles. The number of nitrogens with zero attached hydrogens (tertiary/aromatic N) is 1. The second-order valence-corrected chi connectivity index (χ2v) is 6.74. The van der Waals surface area contributed by atoms with Crippen LogP contribution in [-0.2, 0) is 14.3 Å². The van der Waals surface area contributed by atoms with Gasteiger partial charge in [0.1, 0.15) is 6.61 Å². The molecular formula is C15H22N2O4S. The zero-order valence-corrected chi connectivity index (χ0v) is 13.9. The molecule has 22 heavy (non-hydrogen) atoms. The molecule has 0 radical (unpaired) electrons. The van der Waals surface area contributed by atoms with Gasteiger partial charge in [-0.1, -0.05) is 6.07 Å². The average Bonchev–Trinajstić information content (AvgIpc) is 2.94. The maximum absolute atomic E-state index is 12.0. The first-order valence-corrected chi connectivity index (χ1v) is 8.06. The second-order valence-electron chi connectivity index (χ2n) is 5.76. The van der Waals surface area contributed by atoms with Crippen LogP contribution < -0.4 is 5.32 Å². The molecule has 0 bridgehead atoms. The van der Waals surface area contributed by atoms with Crippen LogP contribution >= 0.6 is 11.3 Å². The van der Waals surface area contributed by atoms with E-state index in [1.165, 1.54) is 25.4 Å². The van der Waals surface area contributed by atoms with Crippen molar-refractivity contribution >= 4 is 23.2 Å². The van der Waals surface area contributed by atoms with Crippen molar-refractivity contribution in [2.24, 2.45) is 0 Å². The number of amides is 2. The largest absolute Gasteiger partial charge is 0.388 e. The van der Waals surface area contributed by atoms with Gasteiger partial charge in [-0.25, -0.2) is 0 Å². The number of nitrogens with one attached hydrogen (secondary N) is 1. The first-order chi connectivity index (χ1) is 10.4. The van der Waals surface area contributed by atoms with Crippen molar-refractivity contribution in [3.05, 3.63) is 22.4 Å². The van der Waals surface area contributed by atoms with Crippen molar-refractivity contribution in [2.75, 3.05) is 20.3 Å². The lowest BCUT2D eigenvalue weighted by atomic mass is 9.81. The van der Waals surface area contributed by atoms with Crippen LogP contribution in [0.1, 0.15) is 31.2 Å². The van der Waals surface area contributed by atoms with Crippen LogP contribution in [0.3, 0.4) is 0 Å². The van der Waals surface area contributed by atoms with Crippen LogP contribution in [0.4, 0.5) is 0 Å². The molecule has 7 heteroatoms. The van der Waals surface area contributed by atoms with Gasteiger partial charge in [-0.2, -0.15) is 0 Å². The highest BCUT2D eigenvalue weighted by atomic mass is 32.1. The first kappa shape index (κ1) is 16.9. The van der Waals surface area contributed by atoms with Crippen molar-refractivity contribution in [1.29, 1.82) is 0 Å². The summed E-state index contributed by atoms with van der Waals surface area (Å²) in [4.78, 5) is 26.6. The maximum Gasteiger partial charge on any atom is 0.246 e. The number of likely N-dealkylation sites (tertiary alicyclic amines) is 1. The lowest BCUT2D eigenvalue weighted by molar-refractivity contribution is -0.144. The molecule has 1 aromatic heterocycles. The first-order valence-electron chi connectivity index (χ1n) is 7.18. The summed E-state index contributed by atoms with van der Waals surface area (Å²) in [6, 6.07) is 2.87. The number of rotatable bonds is 4. The van der Waals surface area contributed by atoms with Gasteiger partial charge >= 0.3 is 0 Å². The molecule has 1 saturated heterocycles.